The van der Waals surface area contributed by atoms with E-state index in [0.717, 1.165) is 6.26 Å². The molecule has 0 fully saturated rings. The summed E-state index contributed by atoms with van der Waals surface area (Å²) in [6.07, 6.45) is 1.59. The molecular weight excluding hydrogens is 218 g/mol. The highest BCUT2D eigenvalue weighted by Crippen LogP contribution is 2.03. The molecule has 6 nitrogen and oxygen atoms in total. The van der Waals surface area contributed by atoms with Crippen molar-refractivity contribution >= 4 is 15.9 Å². The van der Waals surface area contributed by atoms with Crippen LogP contribution in [0.25, 0.3) is 0 Å². The molecule has 1 amide bonds. The molecule has 0 saturated heterocycles. The van der Waals surface area contributed by atoms with Crippen molar-refractivity contribution in [3.63, 3.8) is 0 Å². The van der Waals surface area contributed by atoms with E-state index in [1.807, 2.05) is 6.92 Å². The van der Waals surface area contributed by atoms with Gasteiger partial charge in [0.25, 0.3) is 0 Å². The third kappa shape index (κ3) is 6.43. The first-order chi connectivity index (χ1) is 6.69. The summed E-state index contributed by atoms with van der Waals surface area (Å²) in [5.74, 6) is -0.277. The van der Waals surface area contributed by atoms with Crippen molar-refractivity contribution < 1.29 is 13.2 Å². The van der Waals surface area contributed by atoms with E-state index in [4.69, 9.17) is 5.73 Å². The quantitative estimate of drug-likeness (QED) is 0.504. The molecule has 7 heteroatoms. The number of nitrogens with two attached hydrogens (primary N) is 1. The van der Waals surface area contributed by atoms with Crippen LogP contribution in [-0.2, 0) is 14.8 Å². The van der Waals surface area contributed by atoms with Crippen LogP contribution in [0.5, 0.6) is 0 Å². The van der Waals surface area contributed by atoms with Gasteiger partial charge in [0.1, 0.15) is 0 Å². The first-order valence-electron chi connectivity index (χ1n) is 4.71. The van der Waals surface area contributed by atoms with Crippen LogP contribution < -0.4 is 15.8 Å². The Hall–Kier alpha value is -0.660. The molecule has 4 N–H and O–H groups in total. The summed E-state index contributed by atoms with van der Waals surface area (Å²) in [5, 5.41) is 2.56. The predicted molar refractivity (Wildman–Crippen MR) is 58.7 cm³/mol. The number of amides is 1. The lowest BCUT2D eigenvalue weighted by molar-refractivity contribution is -0.125. The summed E-state index contributed by atoms with van der Waals surface area (Å²) in [4.78, 5) is 11.4. The van der Waals surface area contributed by atoms with Crippen molar-refractivity contribution in [3.05, 3.63) is 0 Å². The van der Waals surface area contributed by atoms with Gasteiger partial charge in [0.2, 0.25) is 15.9 Å². The second-order valence-electron chi connectivity index (χ2n) is 3.69. The second-order valence-corrected chi connectivity index (χ2v) is 5.53. The van der Waals surface area contributed by atoms with Crippen molar-refractivity contribution in [2.45, 2.75) is 25.8 Å². The fourth-order valence-electron chi connectivity index (χ4n) is 0.775. The van der Waals surface area contributed by atoms with Crippen molar-refractivity contribution in [1.82, 2.24) is 10.0 Å². The standard InChI is InChI=1S/C8H19N3O3S/c1-4-8(2,9)7(12)10-5-6-11-15(3,13)14/h11H,4-6,9H2,1-3H3,(H,10,12). The Morgan fingerprint density at radius 3 is 2.33 bits per heavy atom. The zero-order chi connectivity index (χ0) is 12.1. The largest absolute Gasteiger partial charge is 0.353 e. The maximum absolute atomic E-state index is 11.4. The molecule has 0 aliphatic heterocycles. The van der Waals surface area contributed by atoms with Gasteiger partial charge in [-0.25, -0.2) is 13.1 Å². The number of sulfonamides is 1. The molecule has 0 radical (unpaired) electrons. The van der Waals surface area contributed by atoms with Crippen LogP contribution in [0.1, 0.15) is 20.3 Å². The fraction of sp³-hybridized carbons (Fsp3) is 0.875. The van der Waals surface area contributed by atoms with Gasteiger partial charge in [-0.2, -0.15) is 0 Å². The van der Waals surface area contributed by atoms with Gasteiger partial charge in [0.15, 0.2) is 0 Å². The summed E-state index contributed by atoms with van der Waals surface area (Å²) in [7, 11) is -3.20. The molecule has 1 unspecified atom stereocenters. The normalized spacial score (nSPS) is 15.7. The average Bonchev–Trinajstić information content (AvgIpc) is 2.10. The van der Waals surface area contributed by atoms with Crippen molar-refractivity contribution in [2.24, 2.45) is 5.73 Å². The maximum Gasteiger partial charge on any atom is 0.239 e. The number of rotatable bonds is 6. The molecule has 0 heterocycles. The maximum atomic E-state index is 11.4. The minimum atomic E-state index is -3.20. The number of hydrogen-bond acceptors (Lipinski definition) is 4. The highest BCUT2D eigenvalue weighted by molar-refractivity contribution is 7.88. The zero-order valence-electron chi connectivity index (χ0n) is 9.33. The minimum absolute atomic E-state index is 0.171. The smallest absolute Gasteiger partial charge is 0.239 e. The van der Waals surface area contributed by atoms with Gasteiger partial charge in [-0.3, -0.25) is 4.79 Å². The molecule has 1 atom stereocenters. The number of carbonyl (C=O) groups excluding carboxylic acids is 1. The Bertz CT molecular complexity index is 311. The highest BCUT2D eigenvalue weighted by atomic mass is 32.2. The number of carbonyl (C=O) groups is 1. The van der Waals surface area contributed by atoms with Gasteiger partial charge in [0, 0.05) is 13.1 Å². The van der Waals surface area contributed by atoms with Crippen LogP contribution in [0.2, 0.25) is 0 Å². The van der Waals surface area contributed by atoms with E-state index in [1.54, 1.807) is 6.92 Å². The third-order valence-electron chi connectivity index (χ3n) is 2.03. The molecule has 0 bridgehead atoms. The van der Waals surface area contributed by atoms with Crippen molar-refractivity contribution in [3.8, 4) is 0 Å². The van der Waals surface area contributed by atoms with Crippen LogP contribution in [0, 0.1) is 0 Å². The molecule has 0 rings (SSSR count). The Morgan fingerprint density at radius 1 is 1.40 bits per heavy atom. The van der Waals surface area contributed by atoms with Gasteiger partial charge < -0.3 is 11.1 Å². The van der Waals surface area contributed by atoms with E-state index in [2.05, 4.69) is 10.0 Å². The monoisotopic (exact) mass is 237 g/mol. The molecule has 0 aromatic heterocycles. The predicted octanol–water partition coefficient (Wildman–Crippen LogP) is -1.22. The molecule has 0 aromatic rings. The summed E-state index contributed by atoms with van der Waals surface area (Å²) in [5.41, 5.74) is 4.78. The highest BCUT2D eigenvalue weighted by Gasteiger charge is 2.25. The summed E-state index contributed by atoms with van der Waals surface area (Å²) in [6, 6.07) is 0. The van der Waals surface area contributed by atoms with Crippen LogP contribution in [-0.4, -0.2) is 39.2 Å². The van der Waals surface area contributed by atoms with E-state index in [-0.39, 0.29) is 19.0 Å². The minimum Gasteiger partial charge on any atom is -0.353 e. The first-order valence-corrected chi connectivity index (χ1v) is 6.60. The molecule has 0 aromatic carbocycles. The van der Waals surface area contributed by atoms with Crippen molar-refractivity contribution in [1.29, 1.82) is 0 Å². The molecule has 0 aliphatic carbocycles. The van der Waals surface area contributed by atoms with E-state index in [9.17, 15) is 13.2 Å². The third-order valence-corrected chi connectivity index (χ3v) is 2.76. The van der Waals surface area contributed by atoms with Gasteiger partial charge >= 0.3 is 0 Å². The van der Waals surface area contributed by atoms with E-state index in [0.29, 0.717) is 6.42 Å². The SMILES string of the molecule is CCC(C)(N)C(=O)NCCNS(C)(=O)=O. The van der Waals surface area contributed by atoms with E-state index >= 15 is 0 Å². The Balaban J connectivity index is 3.84. The fourth-order valence-corrected chi connectivity index (χ4v) is 1.25. The molecule has 0 saturated carbocycles. The molecule has 15 heavy (non-hydrogen) atoms. The van der Waals surface area contributed by atoms with E-state index < -0.39 is 15.6 Å². The van der Waals surface area contributed by atoms with Crippen molar-refractivity contribution in [2.75, 3.05) is 19.3 Å². The Morgan fingerprint density at radius 2 is 1.93 bits per heavy atom. The van der Waals surface area contributed by atoms with Crippen LogP contribution in [0.4, 0.5) is 0 Å². The van der Waals surface area contributed by atoms with Crippen LogP contribution in [0.15, 0.2) is 0 Å². The Labute approximate surface area is 90.7 Å². The lowest BCUT2D eigenvalue weighted by atomic mass is 10.00. The van der Waals surface area contributed by atoms with Gasteiger partial charge in [-0.15, -0.1) is 0 Å². The number of hydrogen-bond donors (Lipinski definition) is 3. The van der Waals surface area contributed by atoms with Gasteiger partial charge in [-0.1, -0.05) is 6.92 Å². The van der Waals surface area contributed by atoms with Gasteiger partial charge in [0.05, 0.1) is 11.8 Å². The molecule has 0 spiro atoms. The Kier molecular flexibility index (Phi) is 5.19. The lowest BCUT2D eigenvalue weighted by Gasteiger charge is -2.21. The zero-order valence-corrected chi connectivity index (χ0v) is 10.1. The summed E-state index contributed by atoms with van der Waals surface area (Å²) in [6.45, 7) is 3.85. The molecule has 90 valence electrons. The molecule has 0 aliphatic rings. The number of nitrogens with one attached hydrogen (secondary N) is 2. The lowest BCUT2D eigenvalue weighted by Crippen LogP contribution is -2.52. The average molecular weight is 237 g/mol. The summed E-state index contributed by atoms with van der Waals surface area (Å²) >= 11 is 0. The summed E-state index contributed by atoms with van der Waals surface area (Å²) < 4.78 is 23.6. The topological polar surface area (TPSA) is 101 Å². The second kappa shape index (κ2) is 5.43. The van der Waals surface area contributed by atoms with Crippen LogP contribution >= 0.6 is 0 Å². The van der Waals surface area contributed by atoms with Gasteiger partial charge in [-0.05, 0) is 13.3 Å². The molecular formula is C8H19N3O3S. The van der Waals surface area contributed by atoms with Crippen LogP contribution in [0.3, 0.4) is 0 Å². The first kappa shape index (κ1) is 14.3. The van der Waals surface area contributed by atoms with E-state index in [1.165, 1.54) is 0 Å².